The Morgan fingerprint density at radius 1 is 1.30 bits per heavy atom. The first-order valence-electron chi connectivity index (χ1n) is 8.42. The Kier molecular flexibility index (Phi) is 4.93. The Balaban J connectivity index is 1.55. The third-order valence-electron chi connectivity index (χ3n) is 4.72. The lowest BCUT2D eigenvalue weighted by molar-refractivity contribution is 0.161. The summed E-state index contributed by atoms with van der Waals surface area (Å²) in [5, 5.41) is 11.3. The summed E-state index contributed by atoms with van der Waals surface area (Å²) in [6.07, 6.45) is 3.72. The Morgan fingerprint density at radius 3 is 2.87 bits per heavy atom. The number of thiophene rings is 1. The van der Waals surface area contributed by atoms with Crippen LogP contribution in [0.2, 0.25) is 0 Å². The third-order valence-corrected chi connectivity index (χ3v) is 6.00. The molecule has 0 amide bonds. The molecule has 0 unspecified atom stereocenters. The lowest BCUT2D eigenvalue weighted by atomic mass is 9.71. The van der Waals surface area contributed by atoms with Crippen LogP contribution in [0.5, 0.6) is 0 Å². The molecule has 1 aromatic carbocycles. The van der Waals surface area contributed by atoms with Crippen LogP contribution in [0.3, 0.4) is 0 Å². The minimum atomic E-state index is 0.411. The van der Waals surface area contributed by atoms with Crippen LogP contribution in [0.1, 0.15) is 45.6 Å². The molecule has 124 valence electrons. The van der Waals surface area contributed by atoms with Crippen LogP contribution in [-0.4, -0.2) is 11.2 Å². The molecule has 23 heavy (non-hydrogen) atoms. The predicted octanol–water partition coefficient (Wildman–Crippen LogP) is 5.08. The van der Waals surface area contributed by atoms with Crippen molar-refractivity contribution in [2.24, 2.45) is 11.3 Å². The van der Waals surface area contributed by atoms with Gasteiger partial charge in [0.15, 0.2) is 5.11 Å². The Bertz CT molecular complexity index is 689. The maximum atomic E-state index is 5.53. The molecule has 1 aromatic heterocycles. The summed E-state index contributed by atoms with van der Waals surface area (Å²) in [4.78, 5) is 0. The second-order valence-electron chi connectivity index (χ2n) is 7.69. The van der Waals surface area contributed by atoms with Crippen LogP contribution in [0.15, 0.2) is 29.6 Å². The average Bonchev–Trinajstić information content (AvgIpc) is 2.86. The van der Waals surface area contributed by atoms with Gasteiger partial charge >= 0.3 is 0 Å². The van der Waals surface area contributed by atoms with Crippen molar-refractivity contribution in [2.75, 3.05) is 0 Å². The van der Waals surface area contributed by atoms with Gasteiger partial charge in [0, 0.05) is 17.3 Å². The molecule has 2 aromatic rings. The number of rotatable bonds is 3. The molecule has 1 heterocycles. The van der Waals surface area contributed by atoms with Crippen LogP contribution in [0.25, 0.3) is 10.1 Å². The van der Waals surface area contributed by atoms with Gasteiger partial charge in [0.2, 0.25) is 0 Å². The van der Waals surface area contributed by atoms with Crippen molar-refractivity contribution in [3.8, 4) is 0 Å². The van der Waals surface area contributed by atoms with Gasteiger partial charge < -0.3 is 10.6 Å². The topological polar surface area (TPSA) is 24.1 Å². The van der Waals surface area contributed by atoms with Crippen molar-refractivity contribution in [3.05, 3.63) is 35.2 Å². The molecule has 1 aliphatic carbocycles. The highest BCUT2D eigenvalue weighted by Gasteiger charge is 2.32. The number of fused-ring (bicyclic) bond motifs is 1. The van der Waals surface area contributed by atoms with Crippen molar-refractivity contribution in [2.45, 2.75) is 52.6 Å². The van der Waals surface area contributed by atoms with E-state index in [1.807, 2.05) is 0 Å². The minimum Gasteiger partial charge on any atom is -0.360 e. The number of nitrogens with one attached hydrogen (secondary N) is 2. The summed E-state index contributed by atoms with van der Waals surface area (Å²) < 4.78 is 1.34. The maximum Gasteiger partial charge on any atom is 0.166 e. The van der Waals surface area contributed by atoms with Crippen molar-refractivity contribution in [3.63, 3.8) is 0 Å². The van der Waals surface area contributed by atoms with Crippen molar-refractivity contribution >= 4 is 38.8 Å². The zero-order valence-corrected chi connectivity index (χ0v) is 15.8. The number of thiocarbonyl (C=S) groups is 1. The highest BCUT2D eigenvalue weighted by molar-refractivity contribution is 7.80. The van der Waals surface area contributed by atoms with Gasteiger partial charge in [0.1, 0.15) is 0 Å². The Morgan fingerprint density at radius 2 is 2.09 bits per heavy atom. The van der Waals surface area contributed by atoms with Crippen molar-refractivity contribution < 1.29 is 0 Å². The summed E-state index contributed by atoms with van der Waals surface area (Å²) in [6.45, 7) is 7.88. The van der Waals surface area contributed by atoms with Gasteiger partial charge in [-0.1, -0.05) is 39.0 Å². The molecule has 0 spiro atoms. The van der Waals surface area contributed by atoms with E-state index < -0.39 is 0 Å². The number of benzene rings is 1. The van der Waals surface area contributed by atoms with Crippen LogP contribution in [-0.2, 0) is 6.54 Å². The largest absolute Gasteiger partial charge is 0.360 e. The van der Waals surface area contributed by atoms with Crippen LogP contribution in [0, 0.1) is 11.3 Å². The molecule has 0 bridgehead atoms. The molecule has 0 saturated heterocycles. The maximum absolute atomic E-state index is 5.53. The molecule has 2 N–H and O–H groups in total. The Hall–Kier alpha value is -1.13. The van der Waals surface area contributed by atoms with Gasteiger partial charge in [-0.05, 0) is 65.2 Å². The predicted molar refractivity (Wildman–Crippen MR) is 105 cm³/mol. The van der Waals surface area contributed by atoms with Gasteiger partial charge in [0.25, 0.3) is 0 Å². The fraction of sp³-hybridized carbons (Fsp3) is 0.526. The van der Waals surface area contributed by atoms with E-state index in [0.717, 1.165) is 17.6 Å². The summed E-state index contributed by atoms with van der Waals surface area (Å²) in [5.74, 6) is 0.764. The Labute approximate surface area is 148 Å². The van der Waals surface area contributed by atoms with Crippen LogP contribution in [0.4, 0.5) is 0 Å². The molecule has 4 heteroatoms. The molecular formula is C19H26N2S2. The number of hydrogen-bond acceptors (Lipinski definition) is 2. The van der Waals surface area contributed by atoms with E-state index in [2.05, 4.69) is 61.1 Å². The van der Waals surface area contributed by atoms with Gasteiger partial charge in [-0.2, -0.15) is 0 Å². The quantitative estimate of drug-likeness (QED) is 0.758. The van der Waals surface area contributed by atoms with E-state index >= 15 is 0 Å². The molecule has 0 radical (unpaired) electrons. The van der Waals surface area contributed by atoms with E-state index in [1.54, 1.807) is 11.3 Å². The highest BCUT2D eigenvalue weighted by atomic mass is 32.1. The van der Waals surface area contributed by atoms with Gasteiger partial charge in [-0.15, -0.1) is 11.3 Å². The summed E-state index contributed by atoms with van der Waals surface area (Å²) in [7, 11) is 0. The lowest BCUT2D eigenvalue weighted by Gasteiger charge is -2.39. The SMILES string of the molecule is C[C@@H]1C[C@@H](NC(=S)NCc2csc3ccccc23)CC(C)(C)C1. The van der Waals surface area contributed by atoms with E-state index in [0.29, 0.717) is 11.5 Å². The van der Waals surface area contributed by atoms with Crippen molar-refractivity contribution in [1.82, 2.24) is 10.6 Å². The monoisotopic (exact) mass is 346 g/mol. The standard InChI is InChI=1S/C19H26N2S2/c1-13-8-15(10-19(2,3)9-13)21-18(22)20-11-14-12-23-17-7-5-4-6-16(14)17/h4-7,12-13,15H,8-11H2,1-3H3,(H2,20,21,22)/t13-,15-/m1/s1. The first-order valence-corrected chi connectivity index (χ1v) is 9.71. The fourth-order valence-electron chi connectivity index (χ4n) is 4.04. The molecule has 0 aliphatic heterocycles. The van der Waals surface area contributed by atoms with Crippen LogP contribution < -0.4 is 10.6 Å². The molecule has 1 fully saturated rings. The van der Waals surface area contributed by atoms with Gasteiger partial charge in [-0.3, -0.25) is 0 Å². The molecule has 2 atom stereocenters. The summed E-state index contributed by atoms with van der Waals surface area (Å²) in [5.41, 5.74) is 1.74. The second-order valence-corrected chi connectivity index (χ2v) is 9.01. The first-order chi connectivity index (χ1) is 10.9. The minimum absolute atomic E-state index is 0.411. The summed E-state index contributed by atoms with van der Waals surface area (Å²) >= 11 is 7.32. The normalized spacial score (nSPS) is 23.6. The number of hydrogen-bond donors (Lipinski definition) is 2. The fourth-order valence-corrected chi connectivity index (χ4v) is 5.24. The average molecular weight is 347 g/mol. The third kappa shape index (κ3) is 4.24. The van der Waals surface area contributed by atoms with Gasteiger partial charge in [0.05, 0.1) is 0 Å². The van der Waals surface area contributed by atoms with Crippen molar-refractivity contribution in [1.29, 1.82) is 0 Å². The molecule has 3 rings (SSSR count). The van der Waals surface area contributed by atoms with E-state index in [1.165, 1.54) is 34.9 Å². The zero-order valence-electron chi connectivity index (χ0n) is 14.2. The first kappa shape index (κ1) is 16.7. The molecule has 1 saturated carbocycles. The second kappa shape index (κ2) is 6.78. The summed E-state index contributed by atoms with van der Waals surface area (Å²) in [6, 6.07) is 9.04. The zero-order chi connectivity index (χ0) is 16.4. The lowest BCUT2D eigenvalue weighted by Crippen LogP contribution is -2.46. The molecule has 1 aliphatic rings. The van der Waals surface area contributed by atoms with E-state index in [-0.39, 0.29) is 0 Å². The van der Waals surface area contributed by atoms with E-state index in [4.69, 9.17) is 12.2 Å². The highest BCUT2D eigenvalue weighted by Crippen LogP contribution is 2.38. The van der Waals surface area contributed by atoms with Crippen LogP contribution >= 0.6 is 23.6 Å². The van der Waals surface area contributed by atoms with E-state index in [9.17, 15) is 0 Å². The smallest absolute Gasteiger partial charge is 0.166 e. The molecular weight excluding hydrogens is 320 g/mol. The van der Waals surface area contributed by atoms with Gasteiger partial charge in [-0.25, -0.2) is 0 Å². The molecule has 2 nitrogen and oxygen atoms in total.